The van der Waals surface area contributed by atoms with Crippen molar-refractivity contribution in [2.75, 3.05) is 17.2 Å². The third kappa shape index (κ3) is 4.94. The summed E-state index contributed by atoms with van der Waals surface area (Å²) < 4.78 is 5.38. The van der Waals surface area contributed by atoms with Crippen LogP contribution in [0.25, 0.3) is 0 Å². The van der Waals surface area contributed by atoms with Gasteiger partial charge in [-0.1, -0.05) is 12.1 Å². The van der Waals surface area contributed by atoms with Crippen molar-refractivity contribution in [3.05, 3.63) is 83.7 Å². The first-order valence-corrected chi connectivity index (χ1v) is 8.93. The van der Waals surface area contributed by atoms with Crippen molar-refractivity contribution in [1.29, 1.82) is 0 Å². The molecule has 6 heteroatoms. The van der Waals surface area contributed by atoms with E-state index in [0.717, 1.165) is 11.3 Å². The first-order valence-electron chi connectivity index (χ1n) is 8.93. The van der Waals surface area contributed by atoms with Crippen LogP contribution in [-0.4, -0.2) is 23.4 Å². The van der Waals surface area contributed by atoms with E-state index in [0.29, 0.717) is 23.5 Å². The Hall–Kier alpha value is -3.67. The molecule has 0 atom stereocenters. The highest BCUT2D eigenvalue weighted by molar-refractivity contribution is 6.07. The Balaban J connectivity index is 1.69. The van der Waals surface area contributed by atoms with Crippen molar-refractivity contribution < 1.29 is 14.3 Å². The molecule has 2 aromatic carbocycles. The Bertz CT molecular complexity index is 984. The summed E-state index contributed by atoms with van der Waals surface area (Å²) in [7, 11) is 0. The molecule has 0 saturated heterocycles. The third-order valence-electron chi connectivity index (χ3n) is 3.95. The number of carbonyl (C=O) groups excluding carboxylic acids is 2. The first kappa shape index (κ1) is 19.1. The summed E-state index contributed by atoms with van der Waals surface area (Å²) in [5.41, 5.74) is 2.87. The minimum absolute atomic E-state index is 0.158. The van der Waals surface area contributed by atoms with Gasteiger partial charge in [0.25, 0.3) is 11.8 Å². The van der Waals surface area contributed by atoms with Gasteiger partial charge in [-0.2, -0.15) is 0 Å². The quantitative estimate of drug-likeness (QED) is 0.673. The molecule has 1 aromatic heterocycles. The molecule has 3 aromatic rings. The van der Waals surface area contributed by atoms with Crippen molar-refractivity contribution >= 4 is 23.2 Å². The minimum atomic E-state index is -0.394. The number of ether oxygens (including phenoxy) is 1. The van der Waals surface area contributed by atoms with E-state index in [-0.39, 0.29) is 11.6 Å². The molecular formula is C22H21N3O3. The molecule has 142 valence electrons. The van der Waals surface area contributed by atoms with Crippen molar-refractivity contribution in [3.8, 4) is 5.75 Å². The van der Waals surface area contributed by atoms with E-state index in [2.05, 4.69) is 15.6 Å². The van der Waals surface area contributed by atoms with Crippen LogP contribution in [0.15, 0.2) is 66.9 Å². The average molecular weight is 375 g/mol. The topological polar surface area (TPSA) is 80.3 Å². The number of anilines is 2. The van der Waals surface area contributed by atoms with Crippen molar-refractivity contribution in [3.63, 3.8) is 0 Å². The maximum atomic E-state index is 12.5. The fraction of sp³-hybridized carbons (Fsp3) is 0.136. The number of pyridine rings is 1. The highest BCUT2D eigenvalue weighted by Crippen LogP contribution is 2.17. The molecule has 0 fully saturated rings. The Morgan fingerprint density at radius 3 is 2.39 bits per heavy atom. The zero-order chi connectivity index (χ0) is 19.9. The molecule has 0 bridgehead atoms. The number of carbonyl (C=O) groups is 2. The lowest BCUT2D eigenvalue weighted by Gasteiger charge is -2.09. The lowest BCUT2D eigenvalue weighted by molar-refractivity contribution is 0.102. The Labute approximate surface area is 163 Å². The van der Waals surface area contributed by atoms with Gasteiger partial charge in [0.1, 0.15) is 11.4 Å². The number of amides is 2. The SMILES string of the molecule is CCOc1ccc(NC(=O)c2cc(C(=O)Nc3cccc(C)c3)ccn2)cc1. The van der Waals surface area contributed by atoms with Gasteiger partial charge in [-0.3, -0.25) is 14.6 Å². The number of nitrogens with one attached hydrogen (secondary N) is 2. The van der Waals surface area contributed by atoms with Crippen LogP contribution in [0, 0.1) is 6.92 Å². The number of benzene rings is 2. The number of aryl methyl sites for hydroxylation is 1. The van der Waals surface area contributed by atoms with Crippen molar-refractivity contribution in [2.24, 2.45) is 0 Å². The molecular weight excluding hydrogens is 354 g/mol. The predicted octanol–water partition coefficient (Wildman–Crippen LogP) is 4.29. The summed E-state index contributed by atoms with van der Waals surface area (Å²) in [5, 5.41) is 5.58. The van der Waals surface area contributed by atoms with Gasteiger partial charge < -0.3 is 15.4 Å². The van der Waals surface area contributed by atoms with Crippen LogP contribution in [0.1, 0.15) is 33.3 Å². The molecule has 6 nitrogen and oxygen atoms in total. The van der Waals surface area contributed by atoms with Gasteiger partial charge in [0.15, 0.2) is 0 Å². The summed E-state index contributed by atoms with van der Waals surface area (Å²) in [4.78, 5) is 29.0. The third-order valence-corrected chi connectivity index (χ3v) is 3.95. The molecule has 0 aliphatic heterocycles. The molecule has 0 saturated carbocycles. The fourth-order valence-electron chi connectivity index (χ4n) is 2.62. The van der Waals surface area contributed by atoms with Crippen LogP contribution in [0.3, 0.4) is 0 Å². The number of nitrogens with zero attached hydrogens (tertiary/aromatic N) is 1. The molecule has 28 heavy (non-hydrogen) atoms. The zero-order valence-electron chi connectivity index (χ0n) is 15.7. The van der Waals surface area contributed by atoms with Crippen LogP contribution < -0.4 is 15.4 Å². The normalized spacial score (nSPS) is 10.2. The van der Waals surface area contributed by atoms with Crippen LogP contribution in [-0.2, 0) is 0 Å². The summed E-state index contributed by atoms with van der Waals surface area (Å²) in [6.07, 6.45) is 1.44. The molecule has 1 heterocycles. The van der Waals surface area contributed by atoms with Gasteiger partial charge in [0, 0.05) is 23.1 Å². The summed E-state index contributed by atoms with van der Waals surface area (Å²) in [6, 6.07) is 17.6. The van der Waals surface area contributed by atoms with E-state index in [1.807, 2.05) is 38.1 Å². The lowest BCUT2D eigenvalue weighted by atomic mass is 10.2. The van der Waals surface area contributed by atoms with Gasteiger partial charge in [0.2, 0.25) is 0 Å². The second-order valence-electron chi connectivity index (χ2n) is 6.16. The number of rotatable bonds is 6. The molecule has 0 radical (unpaired) electrons. The van der Waals surface area contributed by atoms with Gasteiger partial charge in [0.05, 0.1) is 6.61 Å². The van der Waals surface area contributed by atoms with Gasteiger partial charge in [-0.25, -0.2) is 0 Å². The smallest absolute Gasteiger partial charge is 0.274 e. The molecule has 0 aliphatic rings. The highest BCUT2D eigenvalue weighted by Gasteiger charge is 2.12. The van der Waals surface area contributed by atoms with Gasteiger partial charge in [-0.05, 0) is 67.9 Å². The van der Waals surface area contributed by atoms with E-state index in [1.54, 1.807) is 30.3 Å². The molecule has 2 N–H and O–H groups in total. The number of hydrogen-bond donors (Lipinski definition) is 2. The van der Waals surface area contributed by atoms with Crippen LogP contribution in [0.4, 0.5) is 11.4 Å². The van der Waals surface area contributed by atoms with E-state index in [9.17, 15) is 9.59 Å². The highest BCUT2D eigenvalue weighted by atomic mass is 16.5. The Kier molecular flexibility index (Phi) is 6.01. The Morgan fingerprint density at radius 2 is 1.68 bits per heavy atom. The van der Waals surface area contributed by atoms with Crippen LogP contribution >= 0.6 is 0 Å². The van der Waals surface area contributed by atoms with Crippen LogP contribution in [0.2, 0.25) is 0 Å². The standard InChI is InChI=1S/C22H21N3O3/c1-3-28-19-9-7-17(8-10-19)24-22(27)20-14-16(11-12-23-20)21(26)25-18-6-4-5-15(2)13-18/h4-14H,3H2,1-2H3,(H,24,27)(H,25,26). The maximum absolute atomic E-state index is 12.5. The van der Waals surface area contributed by atoms with Gasteiger partial charge in [-0.15, -0.1) is 0 Å². The number of hydrogen-bond acceptors (Lipinski definition) is 4. The van der Waals surface area contributed by atoms with Crippen molar-refractivity contribution in [1.82, 2.24) is 4.98 Å². The second kappa shape index (κ2) is 8.81. The van der Waals surface area contributed by atoms with E-state index >= 15 is 0 Å². The summed E-state index contributed by atoms with van der Waals surface area (Å²) >= 11 is 0. The summed E-state index contributed by atoms with van der Waals surface area (Å²) in [5.74, 6) is 0.0333. The monoisotopic (exact) mass is 375 g/mol. The summed E-state index contributed by atoms with van der Waals surface area (Å²) in [6.45, 7) is 4.43. The largest absolute Gasteiger partial charge is 0.494 e. The average Bonchev–Trinajstić information content (AvgIpc) is 2.70. The van der Waals surface area contributed by atoms with Gasteiger partial charge >= 0.3 is 0 Å². The maximum Gasteiger partial charge on any atom is 0.274 e. The number of aromatic nitrogens is 1. The first-order chi connectivity index (χ1) is 13.5. The minimum Gasteiger partial charge on any atom is -0.494 e. The van der Waals surface area contributed by atoms with E-state index in [4.69, 9.17) is 4.74 Å². The van der Waals surface area contributed by atoms with Crippen LogP contribution in [0.5, 0.6) is 5.75 Å². The fourth-order valence-corrected chi connectivity index (χ4v) is 2.62. The second-order valence-corrected chi connectivity index (χ2v) is 6.16. The zero-order valence-corrected chi connectivity index (χ0v) is 15.7. The molecule has 0 spiro atoms. The van der Waals surface area contributed by atoms with Crippen molar-refractivity contribution in [2.45, 2.75) is 13.8 Å². The molecule has 3 rings (SSSR count). The van der Waals surface area contributed by atoms with E-state index < -0.39 is 5.91 Å². The lowest BCUT2D eigenvalue weighted by Crippen LogP contribution is -2.17. The molecule has 2 amide bonds. The Morgan fingerprint density at radius 1 is 0.929 bits per heavy atom. The molecule has 0 unspecified atom stereocenters. The molecule has 0 aliphatic carbocycles. The van der Waals surface area contributed by atoms with E-state index in [1.165, 1.54) is 12.3 Å². The predicted molar refractivity (Wildman–Crippen MR) is 109 cm³/mol.